The lowest BCUT2D eigenvalue weighted by Gasteiger charge is -2.09. The van der Waals surface area contributed by atoms with Crippen LogP contribution in [0.5, 0.6) is 0 Å². The molecule has 8 heteroatoms. The zero-order valence-corrected chi connectivity index (χ0v) is 17.8. The van der Waals surface area contributed by atoms with Crippen molar-refractivity contribution >= 4 is 28.7 Å². The van der Waals surface area contributed by atoms with Crippen LogP contribution in [0.25, 0.3) is 16.1 Å². The Balaban J connectivity index is 1.52. The van der Waals surface area contributed by atoms with Crippen molar-refractivity contribution in [2.75, 3.05) is 0 Å². The van der Waals surface area contributed by atoms with Crippen LogP contribution in [-0.2, 0) is 19.3 Å². The van der Waals surface area contributed by atoms with Crippen molar-refractivity contribution in [3.05, 3.63) is 87.5 Å². The largest absolute Gasteiger partial charge is 0.306 e. The number of halogens is 3. The molecule has 2 heterocycles. The van der Waals surface area contributed by atoms with Crippen LogP contribution >= 0.6 is 22.9 Å². The van der Waals surface area contributed by atoms with Crippen LogP contribution < -0.4 is 0 Å². The SMILES string of the molecule is O=C(Cc1c(F)ccc(Cl)c1F)c1nc2c(s1)-c1cc(-n3ccnc3)ccc1CCC2. The molecule has 0 bridgehead atoms. The number of Topliss-reactive ketones (excluding diaryl/α,β-unsaturated/α-hetero) is 1. The molecule has 0 atom stereocenters. The van der Waals surface area contributed by atoms with E-state index in [9.17, 15) is 13.6 Å². The van der Waals surface area contributed by atoms with E-state index in [-0.39, 0.29) is 15.6 Å². The third kappa shape index (κ3) is 3.68. The van der Waals surface area contributed by atoms with Crippen LogP contribution in [0, 0.1) is 11.6 Å². The first-order valence-corrected chi connectivity index (χ1v) is 11.0. The Labute approximate surface area is 186 Å². The molecule has 4 nitrogen and oxygen atoms in total. The third-order valence-electron chi connectivity index (χ3n) is 5.41. The Kier molecular flexibility index (Phi) is 5.16. The standard InChI is InChI=1S/C23H16ClF2N3OS/c24-17-6-7-18(25)16(21(17)26)11-20(30)23-28-19-3-1-2-13-4-5-14(29-9-8-27-12-29)10-15(13)22(19)31-23/h4-10,12H,1-3,11H2. The molecule has 0 unspecified atom stereocenters. The fourth-order valence-electron chi connectivity index (χ4n) is 3.83. The van der Waals surface area contributed by atoms with Gasteiger partial charge in [0.25, 0.3) is 0 Å². The second-order valence-corrected chi connectivity index (χ2v) is 8.79. The number of hydrogen-bond acceptors (Lipinski definition) is 4. The molecule has 2 aromatic heterocycles. The summed E-state index contributed by atoms with van der Waals surface area (Å²) < 4.78 is 30.3. The van der Waals surface area contributed by atoms with Gasteiger partial charge in [0, 0.05) is 30.1 Å². The molecular weight excluding hydrogens is 440 g/mol. The molecule has 0 radical (unpaired) electrons. The summed E-state index contributed by atoms with van der Waals surface area (Å²) >= 11 is 7.03. The van der Waals surface area contributed by atoms with Crippen LogP contribution in [0.3, 0.4) is 0 Å². The summed E-state index contributed by atoms with van der Waals surface area (Å²) in [6.45, 7) is 0. The van der Waals surface area contributed by atoms with Crippen molar-refractivity contribution in [2.24, 2.45) is 0 Å². The smallest absolute Gasteiger partial charge is 0.195 e. The first-order chi connectivity index (χ1) is 15.0. The maximum absolute atomic E-state index is 14.2. The summed E-state index contributed by atoms with van der Waals surface area (Å²) in [5.74, 6) is -2.11. The van der Waals surface area contributed by atoms with E-state index in [1.54, 1.807) is 12.5 Å². The molecule has 1 aliphatic carbocycles. The Bertz CT molecular complexity index is 1300. The Morgan fingerprint density at radius 3 is 2.87 bits per heavy atom. The van der Waals surface area contributed by atoms with Gasteiger partial charge in [-0.2, -0.15) is 0 Å². The molecule has 0 spiro atoms. The molecule has 5 rings (SSSR count). The first-order valence-electron chi connectivity index (χ1n) is 9.78. The number of thiazole rings is 1. The molecule has 31 heavy (non-hydrogen) atoms. The van der Waals surface area contributed by atoms with Gasteiger partial charge in [-0.25, -0.2) is 18.7 Å². The quantitative estimate of drug-likeness (QED) is 0.287. The van der Waals surface area contributed by atoms with Crippen LogP contribution in [0.1, 0.15) is 33.0 Å². The van der Waals surface area contributed by atoms with Crippen molar-refractivity contribution in [1.29, 1.82) is 0 Å². The van der Waals surface area contributed by atoms with Crippen LogP contribution in [0.2, 0.25) is 5.02 Å². The van der Waals surface area contributed by atoms with Gasteiger partial charge < -0.3 is 4.57 Å². The normalized spacial score (nSPS) is 12.9. The Hall–Kier alpha value is -2.90. The molecule has 0 aliphatic heterocycles. The van der Waals surface area contributed by atoms with E-state index in [0.29, 0.717) is 0 Å². The summed E-state index contributed by atoms with van der Waals surface area (Å²) in [6.07, 6.45) is 7.48. The highest BCUT2D eigenvalue weighted by Crippen LogP contribution is 2.38. The van der Waals surface area contributed by atoms with E-state index in [1.807, 2.05) is 16.8 Å². The van der Waals surface area contributed by atoms with Crippen LogP contribution in [0.4, 0.5) is 8.78 Å². The zero-order valence-electron chi connectivity index (χ0n) is 16.2. The van der Waals surface area contributed by atoms with Gasteiger partial charge in [0.15, 0.2) is 10.8 Å². The average Bonchev–Trinajstić information content (AvgIpc) is 3.42. The van der Waals surface area contributed by atoms with Crippen molar-refractivity contribution in [1.82, 2.24) is 14.5 Å². The second-order valence-electron chi connectivity index (χ2n) is 7.38. The molecule has 0 N–H and O–H groups in total. The van der Waals surface area contributed by atoms with Crippen LogP contribution in [-0.4, -0.2) is 20.3 Å². The number of carbonyl (C=O) groups excluding carboxylic acids is 1. The maximum atomic E-state index is 14.2. The van der Waals surface area contributed by atoms with Gasteiger partial charge >= 0.3 is 0 Å². The summed E-state index contributed by atoms with van der Waals surface area (Å²) in [5.41, 5.74) is 3.72. The van der Waals surface area contributed by atoms with Gasteiger partial charge in [-0.05, 0) is 54.7 Å². The molecule has 156 valence electrons. The van der Waals surface area contributed by atoms with Gasteiger partial charge in [0.1, 0.15) is 11.6 Å². The molecule has 0 amide bonds. The number of imidazole rings is 1. The van der Waals surface area contributed by atoms with Crippen LogP contribution in [0.15, 0.2) is 49.1 Å². The minimum atomic E-state index is -0.900. The number of fused-ring (bicyclic) bond motifs is 3. The van der Waals surface area contributed by atoms with Crippen molar-refractivity contribution in [2.45, 2.75) is 25.7 Å². The fourth-order valence-corrected chi connectivity index (χ4v) is 5.11. The highest BCUT2D eigenvalue weighted by atomic mass is 35.5. The van der Waals surface area contributed by atoms with Gasteiger partial charge in [0.05, 0.1) is 21.9 Å². The van der Waals surface area contributed by atoms with E-state index in [0.717, 1.165) is 53.2 Å². The van der Waals surface area contributed by atoms with Gasteiger partial charge in [-0.3, -0.25) is 4.79 Å². The molecule has 0 saturated heterocycles. The predicted molar refractivity (Wildman–Crippen MR) is 116 cm³/mol. The number of carbonyl (C=O) groups is 1. The Morgan fingerprint density at radius 2 is 2.06 bits per heavy atom. The zero-order chi connectivity index (χ0) is 21.5. The fraction of sp³-hybridized carbons (Fsp3) is 0.174. The third-order valence-corrected chi connectivity index (χ3v) is 6.88. The minimum absolute atomic E-state index is 0.208. The number of aryl methyl sites for hydroxylation is 2. The van der Waals surface area contributed by atoms with E-state index in [1.165, 1.54) is 16.9 Å². The molecular formula is C23H16ClF2N3OS. The second kappa shape index (κ2) is 7.98. The number of hydrogen-bond donors (Lipinski definition) is 0. The molecule has 1 aliphatic rings. The number of rotatable bonds is 4. The average molecular weight is 456 g/mol. The van der Waals surface area contributed by atoms with E-state index < -0.39 is 23.8 Å². The van der Waals surface area contributed by atoms with Crippen molar-refractivity contribution < 1.29 is 13.6 Å². The minimum Gasteiger partial charge on any atom is -0.306 e. The summed E-state index contributed by atoms with van der Waals surface area (Å²) in [7, 11) is 0. The molecule has 4 aromatic rings. The monoisotopic (exact) mass is 455 g/mol. The van der Waals surface area contributed by atoms with Gasteiger partial charge in [-0.1, -0.05) is 17.7 Å². The first kappa shape index (κ1) is 20.0. The van der Waals surface area contributed by atoms with Gasteiger partial charge in [0.2, 0.25) is 0 Å². The van der Waals surface area contributed by atoms with Gasteiger partial charge in [-0.15, -0.1) is 11.3 Å². The highest BCUT2D eigenvalue weighted by Gasteiger charge is 2.24. The number of ketones is 1. The van der Waals surface area contributed by atoms with E-state index >= 15 is 0 Å². The predicted octanol–water partition coefficient (Wildman–Crippen LogP) is 5.84. The number of nitrogens with zero attached hydrogens (tertiary/aromatic N) is 3. The van der Waals surface area contributed by atoms with E-state index in [4.69, 9.17) is 11.6 Å². The van der Waals surface area contributed by atoms with Crippen molar-refractivity contribution in [3.8, 4) is 16.1 Å². The summed E-state index contributed by atoms with van der Waals surface area (Å²) in [4.78, 5) is 22.4. The summed E-state index contributed by atoms with van der Waals surface area (Å²) in [6, 6.07) is 8.42. The Morgan fingerprint density at radius 1 is 1.19 bits per heavy atom. The summed E-state index contributed by atoms with van der Waals surface area (Å²) in [5, 5.41) is 0.0461. The number of aromatic nitrogens is 3. The lowest BCUT2D eigenvalue weighted by molar-refractivity contribution is 0.0990. The molecule has 0 saturated carbocycles. The molecule has 0 fully saturated rings. The molecule has 2 aromatic carbocycles. The lowest BCUT2D eigenvalue weighted by atomic mass is 10.0. The highest BCUT2D eigenvalue weighted by molar-refractivity contribution is 7.17. The van der Waals surface area contributed by atoms with E-state index in [2.05, 4.69) is 22.1 Å². The lowest BCUT2D eigenvalue weighted by Crippen LogP contribution is -2.07. The topological polar surface area (TPSA) is 47.8 Å². The number of benzene rings is 2. The van der Waals surface area contributed by atoms with Crippen molar-refractivity contribution in [3.63, 3.8) is 0 Å². The maximum Gasteiger partial charge on any atom is 0.195 e.